The van der Waals surface area contributed by atoms with Gasteiger partial charge in [-0.15, -0.1) is 0 Å². The molecule has 0 fully saturated rings. The Morgan fingerprint density at radius 1 is 1.00 bits per heavy atom. The van der Waals surface area contributed by atoms with E-state index in [9.17, 15) is 4.79 Å². The van der Waals surface area contributed by atoms with Gasteiger partial charge in [0.15, 0.2) is 0 Å². The summed E-state index contributed by atoms with van der Waals surface area (Å²) in [4.78, 5) is 9.59. The summed E-state index contributed by atoms with van der Waals surface area (Å²) in [5.74, 6) is -0.245. The molecule has 0 saturated carbocycles. The molecule has 1 aromatic carbocycles. The highest BCUT2D eigenvalue weighted by atomic mass is 16.5. The van der Waals surface area contributed by atoms with Crippen LogP contribution < -0.4 is 0 Å². The topological polar surface area (TPSA) is 26.3 Å². The minimum atomic E-state index is -0.245. The lowest BCUT2D eigenvalue weighted by molar-refractivity contribution is -0.137. The van der Waals surface area contributed by atoms with Crippen LogP contribution in [0.1, 0.15) is 52.2 Å². The number of fused-ring (bicyclic) bond motifs is 1. The van der Waals surface area contributed by atoms with E-state index in [0.717, 1.165) is 0 Å². The van der Waals surface area contributed by atoms with Crippen molar-refractivity contribution in [2.45, 2.75) is 53.9 Å². The van der Waals surface area contributed by atoms with Gasteiger partial charge in [-0.25, -0.2) is 0 Å². The molecule has 0 aromatic heterocycles. The fourth-order valence-corrected chi connectivity index (χ4v) is 1.51. The summed E-state index contributed by atoms with van der Waals surface area (Å²) in [6, 6.07) is 8.74. The predicted octanol–water partition coefficient (Wildman–Crippen LogP) is 4.41. The number of esters is 1. The maximum absolute atomic E-state index is 9.59. The van der Waals surface area contributed by atoms with Gasteiger partial charge in [0.05, 0.1) is 7.11 Å². The zero-order chi connectivity index (χ0) is 14.4. The fourth-order valence-electron chi connectivity index (χ4n) is 1.51. The van der Waals surface area contributed by atoms with Crippen molar-refractivity contribution < 1.29 is 9.53 Å². The smallest absolute Gasteiger partial charge is 0.302 e. The molecule has 0 aliphatic heterocycles. The van der Waals surface area contributed by atoms with Crippen LogP contribution >= 0.6 is 0 Å². The minimum absolute atomic E-state index is 0.245. The molecule has 0 bridgehead atoms. The number of ether oxygens (including phenoxy) is 1. The summed E-state index contributed by atoms with van der Waals surface area (Å²) in [6.07, 6.45) is 3.96. The van der Waals surface area contributed by atoms with Gasteiger partial charge in [-0.05, 0) is 30.4 Å². The van der Waals surface area contributed by atoms with Crippen LogP contribution in [0.2, 0.25) is 0 Å². The highest BCUT2D eigenvalue weighted by molar-refractivity contribution is 5.65. The summed E-state index contributed by atoms with van der Waals surface area (Å²) in [7, 11) is 1.35. The van der Waals surface area contributed by atoms with E-state index in [1.165, 1.54) is 33.3 Å². The van der Waals surface area contributed by atoms with Crippen molar-refractivity contribution in [3.05, 3.63) is 35.4 Å². The average Bonchev–Trinajstić information content (AvgIpc) is 2.92. The van der Waals surface area contributed by atoms with Crippen LogP contribution in [0.3, 0.4) is 0 Å². The number of hydrogen-bond acceptors (Lipinski definition) is 2. The van der Waals surface area contributed by atoms with Crippen molar-refractivity contribution in [3.8, 4) is 0 Å². The molecule has 0 spiro atoms. The molecule has 1 aromatic rings. The third-order valence-electron chi connectivity index (χ3n) is 2.30. The van der Waals surface area contributed by atoms with Gasteiger partial charge in [0.25, 0.3) is 0 Å². The van der Waals surface area contributed by atoms with Crippen LogP contribution in [-0.2, 0) is 22.4 Å². The average molecular weight is 252 g/mol. The van der Waals surface area contributed by atoms with Crippen LogP contribution in [-0.4, -0.2) is 13.1 Å². The Bertz CT molecular complexity index is 283. The van der Waals surface area contributed by atoms with E-state index in [1.54, 1.807) is 11.1 Å². The molecule has 0 N–H and O–H groups in total. The van der Waals surface area contributed by atoms with E-state index >= 15 is 0 Å². The third-order valence-corrected chi connectivity index (χ3v) is 2.30. The second-order valence-corrected chi connectivity index (χ2v) is 3.32. The lowest BCUT2D eigenvalue weighted by atomic mass is 10.1. The molecular formula is C16H28O2. The van der Waals surface area contributed by atoms with Crippen molar-refractivity contribution in [2.24, 2.45) is 0 Å². The number of benzene rings is 1. The number of aryl methyl sites for hydroxylation is 2. The molecule has 0 heterocycles. The van der Waals surface area contributed by atoms with E-state index in [1.807, 2.05) is 27.7 Å². The van der Waals surface area contributed by atoms with Crippen molar-refractivity contribution in [1.29, 1.82) is 0 Å². The normalized spacial score (nSPS) is 10.3. The summed E-state index contributed by atoms with van der Waals surface area (Å²) in [6.45, 7) is 9.36. The molecule has 2 nitrogen and oxygen atoms in total. The monoisotopic (exact) mass is 252 g/mol. The Morgan fingerprint density at radius 3 is 1.61 bits per heavy atom. The molecule has 18 heavy (non-hydrogen) atoms. The molecule has 1 aliphatic rings. The maximum Gasteiger partial charge on any atom is 0.302 e. The Morgan fingerprint density at radius 2 is 1.33 bits per heavy atom. The lowest BCUT2D eigenvalue weighted by Crippen LogP contribution is -1.88. The van der Waals surface area contributed by atoms with Gasteiger partial charge >= 0.3 is 5.97 Å². The van der Waals surface area contributed by atoms with Crippen LogP contribution in [0.4, 0.5) is 0 Å². The highest BCUT2D eigenvalue weighted by Gasteiger charge is 2.07. The summed E-state index contributed by atoms with van der Waals surface area (Å²) in [5.41, 5.74) is 3.13. The second-order valence-electron chi connectivity index (χ2n) is 3.32. The molecule has 2 rings (SSSR count). The van der Waals surface area contributed by atoms with Gasteiger partial charge in [-0.2, -0.15) is 0 Å². The Kier molecular flexibility index (Phi) is 14.5. The molecule has 104 valence electrons. The Balaban J connectivity index is 0. The van der Waals surface area contributed by atoms with Crippen LogP contribution in [0.15, 0.2) is 24.3 Å². The molecule has 0 radical (unpaired) electrons. The first-order valence-corrected chi connectivity index (χ1v) is 6.85. The van der Waals surface area contributed by atoms with Crippen LogP contribution in [0.25, 0.3) is 0 Å². The number of rotatable bonds is 0. The van der Waals surface area contributed by atoms with E-state index in [0.29, 0.717) is 0 Å². The third kappa shape index (κ3) is 8.80. The Labute approximate surface area is 112 Å². The van der Waals surface area contributed by atoms with Crippen LogP contribution in [0, 0.1) is 0 Å². The van der Waals surface area contributed by atoms with Crippen molar-refractivity contribution in [2.75, 3.05) is 7.11 Å². The predicted molar refractivity (Wildman–Crippen MR) is 78.9 cm³/mol. The molecular weight excluding hydrogens is 224 g/mol. The molecule has 0 atom stereocenters. The molecule has 0 amide bonds. The van der Waals surface area contributed by atoms with Gasteiger partial charge in [-0.3, -0.25) is 4.79 Å². The molecule has 0 saturated heterocycles. The van der Waals surface area contributed by atoms with Crippen molar-refractivity contribution >= 4 is 5.97 Å². The SMILES string of the molecule is CC.CC.COC(C)=O.c1ccc2c(c1)CCC2. The quantitative estimate of drug-likeness (QED) is 0.639. The van der Waals surface area contributed by atoms with E-state index in [-0.39, 0.29) is 5.97 Å². The van der Waals surface area contributed by atoms with Crippen molar-refractivity contribution in [1.82, 2.24) is 0 Å². The lowest BCUT2D eigenvalue weighted by Gasteiger charge is -1.93. The minimum Gasteiger partial charge on any atom is -0.469 e. The van der Waals surface area contributed by atoms with Gasteiger partial charge < -0.3 is 4.74 Å². The zero-order valence-corrected chi connectivity index (χ0v) is 12.7. The van der Waals surface area contributed by atoms with E-state index in [4.69, 9.17) is 0 Å². The fraction of sp³-hybridized carbons (Fsp3) is 0.562. The summed E-state index contributed by atoms with van der Waals surface area (Å²) >= 11 is 0. The van der Waals surface area contributed by atoms with Crippen LogP contribution in [0.5, 0.6) is 0 Å². The van der Waals surface area contributed by atoms with Gasteiger partial charge in [-0.1, -0.05) is 52.0 Å². The maximum atomic E-state index is 9.59. The second kappa shape index (κ2) is 13.8. The first-order chi connectivity index (χ1) is 8.74. The van der Waals surface area contributed by atoms with E-state index < -0.39 is 0 Å². The standard InChI is InChI=1S/C9H10.C3H6O2.2C2H6/c1-2-5-9-7-3-6-8(9)4-1;1-3(4)5-2;2*1-2/h1-2,4-5H,3,6-7H2;1-2H3;2*1-2H3. The van der Waals surface area contributed by atoms with Crippen molar-refractivity contribution in [3.63, 3.8) is 0 Å². The van der Waals surface area contributed by atoms with Gasteiger partial charge in [0, 0.05) is 6.92 Å². The summed E-state index contributed by atoms with van der Waals surface area (Å²) < 4.78 is 4.11. The van der Waals surface area contributed by atoms with E-state index in [2.05, 4.69) is 29.0 Å². The molecule has 1 aliphatic carbocycles. The van der Waals surface area contributed by atoms with Gasteiger partial charge in [0.2, 0.25) is 0 Å². The number of carbonyl (C=O) groups is 1. The number of hydrogen-bond donors (Lipinski definition) is 0. The first kappa shape index (κ1) is 19.0. The number of carbonyl (C=O) groups excluding carboxylic acids is 1. The molecule has 0 unspecified atom stereocenters. The first-order valence-electron chi connectivity index (χ1n) is 6.85. The highest BCUT2D eigenvalue weighted by Crippen LogP contribution is 2.20. The zero-order valence-electron chi connectivity index (χ0n) is 12.7. The van der Waals surface area contributed by atoms with Gasteiger partial charge in [0.1, 0.15) is 0 Å². The number of methoxy groups -OCH3 is 1. The molecule has 2 heteroatoms. The largest absolute Gasteiger partial charge is 0.469 e. The summed E-state index contributed by atoms with van der Waals surface area (Å²) in [5, 5.41) is 0. The Hall–Kier alpha value is -1.31.